The van der Waals surface area contributed by atoms with Gasteiger partial charge in [0.15, 0.2) is 17.5 Å². The minimum atomic E-state index is -1.09. The van der Waals surface area contributed by atoms with Gasteiger partial charge in [0.1, 0.15) is 0 Å². The Bertz CT molecular complexity index is 1130. The van der Waals surface area contributed by atoms with E-state index < -0.39 is 17.6 Å². The van der Waals surface area contributed by atoms with Gasteiger partial charge < -0.3 is 5.43 Å². The summed E-state index contributed by atoms with van der Waals surface area (Å²) in [5.74, 6) is 10.6. The number of pyridine rings is 2. The van der Waals surface area contributed by atoms with Crippen molar-refractivity contribution in [2.24, 2.45) is 31.6 Å². The zero-order chi connectivity index (χ0) is 23.0. The van der Waals surface area contributed by atoms with Crippen molar-refractivity contribution in [3.63, 3.8) is 0 Å². The molecule has 164 valence electrons. The number of nitrogen functional groups attached to an aromatic ring is 1. The van der Waals surface area contributed by atoms with E-state index in [-0.39, 0.29) is 5.82 Å². The number of aryl methyl sites for hydroxylation is 2. The van der Waals surface area contributed by atoms with Crippen molar-refractivity contribution < 1.29 is 13.2 Å². The molecule has 10 nitrogen and oxygen atoms in total. The van der Waals surface area contributed by atoms with Crippen LogP contribution in [0.1, 0.15) is 0 Å². The molecule has 0 saturated carbocycles. The molecule has 0 fully saturated rings. The first-order valence-corrected chi connectivity index (χ1v) is 8.62. The minimum absolute atomic E-state index is 0.0302. The zero-order valence-corrected chi connectivity index (χ0v) is 16.7. The van der Waals surface area contributed by atoms with Crippen LogP contribution in [-0.2, 0) is 14.1 Å². The summed E-state index contributed by atoms with van der Waals surface area (Å²) in [6, 6.07) is 2.46. The van der Waals surface area contributed by atoms with E-state index in [0.29, 0.717) is 16.7 Å². The molecule has 0 radical (unpaired) electrons. The number of aromatic nitrogens is 6. The molecule has 0 saturated heterocycles. The number of rotatable bonds is 3. The van der Waals surface area contributed by atoms with E-state index in [2.05, 4.69) is 37.3 Å². The standard InChI is InChI=1S/C9H7F2N3.C9H10FN5.H4N2/c1-14-5-7(4-13-14)6-2-8(10)9(11)12-3-6;1-15-5-7(4-13-15)6-2-8(10)9(14-11)12-3-6;1-2/h2-5H,1H3;2-5H,11H2,1H3,(H,12,14);1-2H2. The lowest BCUT2D eigenvalue weighted by Gasteiger charge is -2.02. The van der Waals surface area contributed by atoms with Crippen LogP contribution in [-0.4, -0.2) is 29.5 Å². The fourth-order valence-electron chi connectivity index (χ4n) is 2.42. The Kier molecular flexibility index (Phi) is 8.19. The van der Waals surface area contributed by atoms with Gasteiger partial charge in [0.05, 0.1) is 12.4 Å². The highest BCUT2D eigenvalue weighted by Gasteiger charge is 2.07. The van der Waals surface area contributed by atoms with Crippen molar-refractivity contribution in [3.8, 4) is 22.3 Å². The maximum atomic E-state index is 13.3. The quantitative estimate of drug-likeness (QED) is 0.215. The molecule has 4 aromatic heterocycles. The molecule has 0 amide bonds. The molecule has 0 aliphatic carbocycles. The van der Waals surface area contributed by atoms with Crippen molar-refractivity contribution >= 4 is 5.82 Å². The van der Waals surface area contributed by atoms with Gasteiger partial charge in [-0.3, -0.25) is 21.0 Å². The van der Waals surface area contributed by atoms with E-state index in [9.17, 15) is 13.2 Å². The van der Waals surface area contributed by atoms with Crippen LogP contribution in [0.5, 0.6) is 0 Å². The first kappa shape index (κ1) is 23.5. The van der Waals surface area contributed by atoms with Gasteiger partial charge in [0.2, 0.25) is 5.95 Å². The predicted molar refractivity (Wildman–Crippen MR) is 109 cm³/mol. The molecule has 4 aromatic rings. The number of nitrogens with two attached hydrogens (primary N) is 3. The number of nitrogens with one attached hydrogen (secondary N) is 1. The van der Waals surface area contributed by atoms with Gasteiger partial charge in [0.25, 0.3) is 0 Å². The van der Waals surface area contributed by atoms with Gasteiger partial charge in [-0.15, -0.1) is 0 Å². The van der Waals surface area contributed by atoms with Crippen molar-refractivity contribution in [3.05, 3.63) is 66.9 Å². The Balaban J connectivity index is 0.000000204. The largest absolute Gasteiger partial charge is 0.306 e. The summed E-state index contributed by atoms with van der Waals surface area (Å²) in [4.78, 5) is 7.12. The maximum absolute atomic E-state index is 13.3. The molecule has 0 bridgehead atoms. The SMILES string of the molecule is Cn1cc(-c2cnc(F)c(F)c2)cn1.Cn1cc(-c2cnc(NN)c(F)c2)cn1.NN. The third-order valence-electron chi connectivity index (χ3n) is 3.85. The van der Waals surface area contributed by atoms with Crippen molar-refractivity contribution in [1.29, 1.82) is 0 Å². The van der Waals surface area contributed by atoms with E-state index in [4.69, 9.17) is 5.84 Å². The Morgan fingerprint density at radius 1 is 0.742 bits per heavy atom. The average molecular weight is 434 g/mol. The fraction of sp³-hybridized carbons (Fsp3) is 0.111. The highest BCUT2D eigenvalue weighted by atomic mass is 19.2. The summed E-state index contributed by atoms with van der Waals surface area (Å²) in [6.07, 6.45) is 9.51. The third kappa shape index (κ3) is 6.08. The Hall–Kier alpha value is -3.81. The summed E-state index contributed by atoms with van der Waals surface area (Å²) >= 11 is 0. The molecule has 13 heteroatoms. The lowest BCUT2D eigenvalue weighted by molar-refractivity contribution is 0.480. The van der Waals surface area contributed by atoms with Crippen LogP contribution in [0.15, 0.2) is 49.3 Å². The topological polar surface area (TPSA) is 152 Å². The van der Waals surface area contributed by atoms with Crippen molar-refractivity contribution in [1.82, 2.24) is 29.5 Å². The molecule has 0 aromatic carbocycles. The molecule has 0 unspecified atom stereocenters. The smallest absolute Gasteiger partial charge is 0.248 e. The predicted octanol–water partition coefficient (Wildman–Crippen LogP) is 1.49. The number of anilines is 1. The van der Waals surface area contributed by atoms with Gasteiger partial charge in [-0.1, -0.05) is 0 Å². The molecular weight excluding hydrogens is 413 g/mol. The first-order valence-electron chi connectivity index (χ1n) is 8.62. The van der Waals surface area contributed by atoms with Crippen molar-refractivity contribution in [2.45, 2.75) is 0 Å². The summed E-state index contributed by atoms with van der Waals surface area (Å²) in [5, 5.41) is 7.91. The summed E-state index contributed by atoms with van der Waals surface area (Å²) in [7, 11) is 3.54. The van der Waals surface area contributed by atoms with Crippen LogP contribution in [0.4, 0.5) is 19.0 Å². The molecule has 0 spiro atoms. The molecule has 7 N–H and O–H groups in total. The molecule has 0 atom stereocenters. The fourth-order valence-corrected chi connectivity index (χ4v) is 2.42. The van der Waals surface area contributed by atoms with Crippen LogP contribution >= 0.6 is 0 Å². The lowest BCUT2D eigenvalue weighted by Crippen LogP contribution is -2.10. The molecular formula is C18H21F3N10. The number of halogens is 3. The van der Waals surface area contributed by atoms with Crippen molar-refractivity contribution in [2.75, 3.05) is 5.43 Å². The minimum Gasteiger partial charge on any atom is -0.306 e. The van der Waals surface area contributed by atoms with E-state index in [1.54, 1.807) is 48.2 Å². The Morgan fingerprint density at radius 3 is 1.61 bits per heavy atom. The third-order valence-corrected chi connectivity index (χ3v) is 3.85. The van der Waals surface area contributed by atoms with Gasteiger partial charge in [0, 0.05) is 61.1 Å². The molecule has 4 rings (SSSR count). The number of hydrazine groups is 2. The van der Waals surface area contributed by atoms with E-state index in [1.165, 1.54) is 18.5 Å². The van der Waals surface area contributed by atoms with Crippen LogP contribution in [0, 0.1) is 17.6 Å². The zero-order valence-electron chi connectivity index (χ0n) is 16.7. The number of nitrogens with zero attached hydrogens (tertiary/aromatic N) is 6. The van der Waals surface area contributed by atoms with Gasteiger partial charge in [-0.2, -0.15) is 14.6 Å². The summed E-state index contributed by atoms with van der Waals surface area (Å²) in [5.41, 5.74) is 4.87. The van der Waals surface area contributed by atoms with E-state index in [0.717, 1.165) is 11.6 Å². The second-order valence-corrected chi connectivity index (χ2v) is 6.00. The number of hydrogen-bond acceptors (Lipinski definition) is 8. The Labute approximate surface area is 175 Å². The monoisotopic (exact) mass is 434 g/mol. The maximum Gasteiger partial charge on any atom is 0.248 e. The molecule has 31 heavy (non-hydrogen) atoms. The highest BCUT2D eigenvalue weighted by molar-refractivity contribution is 5.62. The van der Waals surface area contributed by atoms with Crippen LogP contribution < -0.4 is 23.0 Å². The molecule has 4 heterocycles. The second kappa shape index (κ2) is 10.8. The Morgan fingerprint density at radius 2 is 1.23 bits per heavy atom. The summed E-state index contributed by atoms with van der Waals surface area (Å²) in [6.45, 7) is 0. The second-order valence-electron chi connectivity index (χ2n) is 6.00. The van der Waals surface area contributed by atoms with E-state index in [1.807, 2.05) is 0 Å². The molecule has 0 aliphatic rings. The molecule has 0 aliphatic heterocycles. The first-order chi connectivity index (χ1) is 14.9. The van der Waals surface area contributed by atoms with Crippen LogP contribution in [0.25, 0.3) is 22.3 Å². The normalized spacial score (nSPS) is 9.94. The average Bonchev–Trinajstić information content (AvgIpc) is 3.40. The lowest BCUT2D eigenvalue weighted by atomic mass is 10.1. The van der Waals surface area contributed by atoms with Gasteiger partial charge in [-0.05, 0) is 12.1 Å². The summed E-state index contributed by atoms with van der Waals surface area (Å²) < 4.78 is 41.9. The van der Waals surface area contributed by atoms with Crippen LogP contribution in [0.3, 0.4) is 0 Å². The van der Waals surface area contributed by atoms with Gasteiger partial charge >= 0.3 is 0 Å². The van der Waals surface area contributed by atoms with Gasteiger partial charge in [-0.25, -0.2) is 24.6 Å². The number of hydrogen-bond donors (Lipinski definition) is 4. The highest BCUT2D eigenvalue weighted by Crippen LogP contribution is 2.21. The van der Waals surface area contributed by atoms with E-state index >= 15 is 0 Å². The van der Waals surface area contributed by atoms with Crippen LogP contribution in [0.2, 0.25) is 0 Å².